The molecule has 1 aliphatic rings. The Bertz CT molecular complexity index is 331. The average molecular weight is 247 g/mol. The third-order valence-electron chi connectivity index (χ3n) is 3.94. The number of rotatable bonds is 5. The molecule has 100 valence electrons. The first-order valence-corrected chi connectivity index (χ1v) is 6.99. The van der Waals surface area contributed by atoms with Gasteiger partial charge >= 0.3 is 0 Å². The lowest BCUT2D eigenvalue weighted by molar-refractivity contribution is 0.128. The fourth-order valence-corrected chi connectivity index (χ4v) is 2.69. The van der Waals surface area contributed by atoms with Crippen molar-refractivity contribution in [1.29, 1.82) is 0 Å². The summed E-state index contributed by atoms with van der Waals surface area (Å²) < 4.78 is 0. The van der Waals surface area contributed by atoms with Crippen LogP contribution < -0.4 is 5.84 Å². The van der Waals surface area contributed by atoms with Gasteiger partial charge in [0.05, 0.1) is 0 Å². The number of nitrogens with zero attached hydrogens (tertiary/aromatic N) is 2. The normalized spacial score (nSPS) is 18.4. The first-order chi connectivity index (χ1) is 8.75. The lowest BCUT2D eigenvalue weighted by Gasteiger charge is -2.34. The SMILES string of the molecule is CN(CCCc1ccccc1)C1CCN(N)CC1. The van der Waals surface area contributed by atoms with Gasteiger partial charge in [-0.25, -0.2) is 5.01 Å². The Morgan fingerprint density at radius 2 is 1.89 bits per heavy atom. The van der Waals surface area contributed by atoms with Crippen LogP contribution in [0.15, 0.2) is 30.3 Å². The van der Waals surface area contributed by atoms with Crippen molar-refractivity contribution in [3.8, 4) is 0 Å². The molecule has 2 N–H and O–H groups in total. The summed E-state index contributed by atoms with van der Waals surface area (Å²) in [6.07, 6.45) is 4.83. The highest BCUT2D eigenvalue weighted by Crippen LogP contribution is 2.14. The van der Waals surface area contributed by atoms with Gasteiger partial charge in [-0.1, -0.05) is 30.3 Å². The van der Waals surface area contributed by atoms with E-state index < -0.39 is 0 Å². The molecule has 0 radical (unpaired) electrons. The number of aryl methyl sites for hydroxylation is 1. The average Bonchev–Trinajstić information content (AvgIpc) is 2.40. The summed E-state index contributed by atoms with van der Waals surface area (Å²) in [5.74, 6) is 5.79. The van der Waals surface area contributed by atoms with Crippen LogP contribution in [0.4, 0.5) is 0 Å². The predicted molar refractivity (Wildman–Crippen MR) is 76.2 cm³/mol. The number of nitrogens with two attached hydrogens (primary N) is 1. The molecule has 1 aromatic carbocycles. The molecule has 0 aromatic heterocycles. The van der Waals surface area contributed by atoms with Gasteiger partial charge in [0.2, 0.25) is 0 Å². The lowest BCUT2D eigenvalue weighted by atomic mass is 10.0. The topological polar surface area (TPSA) is 32.5 Å². The minimum Gasteiger partial charge on any atom is -0.303 e. The van der Waals surface area contributed by atoms with Crippen molar-refractivity contribution in [3.63, 3.8) is 0 Å². The van der Waals surface area contributed by atoms with Crippen molar-refractivity contribution in [2.24, 2.45) is 5.84 Å². The van der Waals surface area contributed by atoms with Crippen LogP contribution in [0.1, 0.15) is 24.8 Å². The molecule has 3 heteroatoms. The third-order valence-corrected chi connectivity index (χ3v) is 3.94. The van der Waals surface area contributed by atoms with Gasteiger partial charge in [-0.2, -0.15) is 0 Å². The van der Waals surface area contributed by atoms with Gasteiger partial charge in [0.25, 0.3) is 0 Å². The molecule has 1 heterocycles. The van der Waals surface area contributed by atoms with Crippen molar-refractivity contribution in [2.75, 3.05) is 26.7 Å². The monoisotopic (exact) mass is 247 g/mol. The van der Waals surface area contributed by atoms with Crippen molar-refractivity contribution in [2.45, 2.75) is 31.7 Å². The number of hydrogen-bond donors (Lipinski definition) is 1. The molecule has 0 atom stereocenters. The molecule has 0 aliphatic carbocycles. The van der Waals surface area contributed by atoms with Crippen LogP contribution in [-0.4, -0.2) is 42.6 Å². The van der Waals surface area contributed by atoms with Crippen LogP contribution >= 0.6 is 0 Å². The van der Waals surface area contributed by atoms with E-state index >= 15 is 0 Å². The Morgan fingerprint density at radius 1 is 1.22 bits per heavy atom. The molecule has 0 amide bonds. The number of hydrogen-bond acceptors (Lipinski definition) is 3. The highest BCUT2D eigenvalue weighted by atomic mass is 15.4. The standard InChI is InChI=1S/C15H25N3/c1-17(15-9-12-18(16)13-10-15)11-5-8-14-6-3-2-4-7-14/h2-4,6-7,15H,5,8-13,16H2,1H3. The number of piperidine rings is 1. The minimum atomic E-state index is 0.723. The van der Waals surface area contributed by atoms with E-state index in [1.807, 2.05) is 5.01 Å². The highest BCUT2D eigenvalue weighted by molar-refractivity contribution is 5.14. The molecule has 1 aliphatic heterocycles. The lowest BCUT2D eigenvalue weighted by Crippen LogP contribution is -2.46. The van der Waals surface area contributed by atoms with Crippen LogP contribution in [0.3, 0.4) is 0 Å². The molecule has 0 saturated carbocycles. The van der Waals surface area contributed by atoms with E-state index in [2.05, 4.69) is 42.3 Å². The van der Waals surface area contributed by atoms with E-state index in [4.69, 9.17) is 5.84 Å². The van der Waals surface area contributed by atoms with Crippen molar-refractivity contribution in [1.82, 2.24) is 9.91 Å². The second kappa shape index (κ2) is 6.88. The summed E-state index contributed by atoms with van der Waals surface area (Å²) >= 11 is 0. The third kappa shape index (κ3) is 4.09. The van der Waals surface area contributed by atoms with Crippen molar-refractivity contribution >= 4 is 0 Å². The quantitative estimate of drug-likeness (QED) is 0.807. The summed E-state index contributed by atoms with van der Waals surface area (Å²) in [5.41, 5.74) is 1.45. The minimum absolute atomic E-state index is 0.723. The van der Waals surface area contributed by atoms with Crippen LogP contribution in [0.5, 0.6) is 0 Å². The maximum Gasteiger partial charge on any atom is 0.0143 e. The van der Waals surface area contributed by atoms with E-state index in [0.717, 1.165) is 19.1 Å². The largest absolute Gasteiger partial charge is 0.303 e. The molecule has 1 aromatic rings. The molecule has 0 spiro atoms. The number of hydrazine groups is 1. The predicted octanol–water partition coefficient (Wildman–Crippen LogP) is 1.89. The maximum absolute atomic E-state index is 5.79. The van der Waals surface area contributed by atoms with Crippen LogP contribution in [0, 0.1) is 0 Å². The summed E-state index contributed by atoms with van der Waals surface area (Å²) in [6.45, 7) is 3.26. The van der Waals surface area contributed by atoms with Gasteiger partial charge in [0, 0.05) is 19.1 Å². The molecule has 3 nitrogen and oxygen atoms in total. The van der Waals surface area contributed by atoms with E-state index in [-0.39, 0.29) is 0 Å². The molecule has 1 fully saturated rings. The summed E-state index contributed by atoms with van der Waals surface area (Å²) in [7, 11) is 2.25. The van der Waals surface area contributed by atoms with Gasteiger partial charge in [-0.15, -0.1) is 0 Å². The fraction of sp³-hybridized carbons (Fsp3) is 0.600. The zero-order valence-corrected chi connectivity index (χ0v) is 11.4. The second-order valence-corrected chi connectivity index (χ2v) is 5.34. The Labute approximate surface area is 111 Å². The van der Waals surface area contributed by atoms with Crippen LogP contribution in [0.25, 0.3) is 0 Å². The Balaban J connectivity index is 1.67. The molecule has 18 heavy (non-hydrogen) atoms. The van der Waals surface area contributed by atoms with E-state index in [9.17, 15) is 0 Å². The van der Waals surface area contributed by atoms with E-state index in [0.29, 0.717) is 0 Å². The molecular formula is C15H25N3. The zero-order valence-electron chi connectivity index (χ0n) is 11.4. The maximum atomic E-state index is 5.79. The van der Waals surface area contributed by atoms with E-state index in [1.165, 1.54) is 37.8 Å². The Hall–Kier alpha value is -0.900. The van der Waals surface area contributed by atoms with Gasteiger partial charge in [0.1, 0.15) is 0 Å². The van der Waals surface area contributed by atoms with Crippen molar-refractivity contribution in [3.05, 3.63) is 35.9 Å². The van der Waals surface area contributed by atoms with Gasteiger partial charge in [-0.3, -0.25) is 5.84 Å². The molecular weight excluding hydrogens is 222 g/mol. The first kappa shape index (κ1) is 13.5. The smallest absolute Gasteiger partial charge is 0.0143 e. The van der Waals surface area contributed by atoms with Gasteiger partial charge < -0.3 is 4.90 Å². The molecule has 1 saturated heterocycles. The highest BCUT2D eigenvalue weighted by Gasteiger charge is 2.20. The summed E-state index contributed by atoms with van der Waals surface area (Å²) in [4.78, 5) is 2.51. The van der Waals surface area contributed by atoms with Crippen LogP contribution in [-0.2, 0) is 6.42 Å². The Kier molecular flexibility index (Phi) is 5.17. The fourth-order valence-electron chi connectivity index (χ4n) is 2.69. The second-order valence-electron chi connectivity index (χ2n) is 5.34. The molecule has 2 rings (SSSR count). The first-order valence-electron chi connectivity index (χ1n) is 6.99. The molecule has 0 bridgehead atoms. The van der Waals surface area contributed by atoms with Gasteiger partial charge in [-0.05, 0) is 44.8 Å². The summed E-state index contributed by atoms with van der Waals surface area (Å²) in [6, 6.07) is 11.5. The summed E-state index contributed by atoms with van der Waals surface area (Å²) in [5, 5.41) is 1.94. The van der Waals surface area contributed by atoms with Gasteiger partial charge in [0.15, 0.2) is 0 Å². The Morgan fingerprint density at radius 3 is 2.56 bits per heavy atom. The van der Waals surface area contributed by atoms with Crippen LogP contribution in [0.2, 0.25) is 0 Å². The van der Waals surface area contributed by atoms with Crippen molar-refractivity contribution < 1.29 is 0 Å². The molecule has 0 unspecified atom stereocenters. The number of benzene rings is 1. The van der Waals surface area contributed by atoms with E-state index in [1.54, 1.807) is 0 Å². The zero-order chi connectivity index (χ0) is 12.8.